The fourth-order valence-electron chi connectivity index (χ4n) is 1.51. The van der Waals surface area contributed by atoms with Gasteiger partial charge in [-0.2, -0.15) is 5.26 Å². The van der Waals surface area contributed by atoms with Crippen molar-refractivity contribution in [1.29, 1.82) is 5.26 Å². The first-order chi connectivity index (χ1) is 9.15. The van der Waals surface area contributed by atoms with E-state index < -0.39 is 0 Å². The molecule has 0 aliphatic rings. The molecule has 0 aliphatic carbocycles. The lowest BCUT2D eigenvalue weighted by Crippen LogP contribution is -1.91. The molecule has 0 aromatic heterocycles. The number of hydrogen-bond acceptors (Lipinski definition) is 3. The molecule has 0 atom stereocenters. The van der Waals surface area contributed by atoms with Crippen molar-refractivity contribution in [3.8, 4) is 23.3 Å². The molecule has 0 saturated heterocycles. The summed E-state index contributed by atoms with van der Waals surface area (Å²) in [6.07, 6.45) is 0. The smallest absolute Gasteiger partial charge is 0.146 e. The molecule has 2 rings (SSSR count). The van der Waals surface area contributed by atoms with Gasteiger partial charge in [-0.25, -0.2) is 0 Å². The van der Waals surface area contributed by atoms with Gasteiger partial charge in [0, 0.05) is 4.47 Å². The summed E-state index contributed by atoms with van der Waals surface area (Å²) in [4.78, 5) is 0. The second-order valence-corrected chi connectivity index (χ2v) is 5.33. The predicted molar refractivity (Wildman–Crippen MR) is 79.6 cm³/mol. The number of nitriles is 1. The highest BCUT2D eigenvalue weighted by Crippen LogP contribution is 2.35. The Morgan fingerprint density at radius 2 is 1.84 bits per heavy atom. The Bertz CT molecular complexity index is 650. The van der Waals surface area contributed by atoms with E-state index in [9.17, 15) is 0 Å². The van der Waals surface area contributed by atoms with E-state index in [1.54, 1.807) is 37.4 Å². The number of benzene rings is 2. The van der Waals surface area contributed by atoms with Crippen LogP contribution in [0.5, 0.6) is 17.2 Å². The summed E-state index contributed by atoms with van der Waals surface area (Å²) >= 11 is 6.74. The Kier molecular flexibility index (Phi) is 4.46. The zero-order valence-electron chi connectivity index (χ0n) is 9.98. The first-order valence-corrected chi connectivity index (χ1v) is 6.94. The molecule has 96 valence electrons. The van der Waals surface area contributed by atoms with Gasteiger partial charge in [0.25, 0.3) is 0 Å². The van der Waals surface area contributed by atoms with Gasteiger partial charge in [0.1, 0.15) is 28.9 Å². The summed E-state index contributed by atoms with van der Waals surface area (Å²) in [6, 6.07) is 12.9. The number of nitrogens with zero attached hydrogens (tertiary/aromatic N) is 1. The van der Waals surface area contributed by atoms with Crippen LogP contribution in [0, 0.1) is 11.3 Å². The quantitative estimate of drug-likeness (QED) is 0.759. The van der Waals surface area contributed by atoms with E-state index in [0.717, 1.165) is 10.2 Å². The first-order valence-electron chi connectivity index (χ1n) is 5.35. The van der Waals surface area contributed by atoms with Gasteiger partial charge in [0.15, 0.2) is 0 Å². The molecule has 0 N–H and O–H groups in total. The van der Waals surface area contributed by atoms with E-state index in [-0.39, 0.29) is 0 Å². The molecule has 2 aromatic carbocycles. The molecule has 0 saturated carbocycles. The number of ether oxygens (including phenoxy) is 2. The van der Waals surface area contributed by atoms with Crippen LogP contribution in [0.2, 0.25) is 0 Å². The molecular weight excluding hydrogens is 374 g/mol. The highest BCUT2D eigenvalue weighted by atomic mass is 79.9. The summed E-state index contributed by atoms with van der Waals surface area (Å²) in [5.41, 5.74) is 0.463. The van der Waals surface area contributed by atoms with Gasteiger partial charge < -0.3 is 9.47 Å². The Balaban J connectivity index is 2.37. The fourth-order valence-corrected chi connectivity index (χ4v) is 2.38. The maximum Gasteiger partial charge on any atom is 0.146 e. The van der Waals surface area contributed by atoms with Crippen molar-refractivity contribution >= 4 is 31.9 Å². The third-order valence-electron chi connectivity index (χ3n) is 2.45. The number of methoxy groups -OCH3 is 1. The van der Waals surface area contributed by atoms with Crippen LogP contribution in [0.1, 0.15) is 5.56 Å². The molecule has 0 bridgehead atoms. The lowest BCUT2D eigenvalue weighted by Gasteiger charge is -2.10. The van der Waals surface area contributed by atoms with Gasteiger partial charge in [-0.3, -0.25) is 0 Å². The first kappa shape index (κ1) is 13.9. The third-order valence-corrected chi connectivity index (χ3v) is 3.73. The van der Waals surface area contributed by atoms with E-state index in [2.05, 4.69) is 37.9 Å². The van der Waals surface area contributed by atoms with Crippen molar-refractivity contribution in [3.63, 3.8) is 0 Å². The molecule has 2 aromatic rings. The third kappa shape index (κ3) is 3.09. The predicted octanol–water partition coefficient (Wildman–Crippen LogP) is 4.88. The van der Waals surface area contributed by atoms with Crippen molar-refractivity contribution in [2.24, 2.45) is 0 Å². The standard InChI is InChI=1S/C14H9Br2NO2/c1-18-9-5-6-14(12(16)7-9)19-13-4-2-3-11(15)10(13)8-17/h2-7H,1H3. The Morgan fingerprint density at radius 3 is 2.47 bits per heavy atom. The molecule has 0 amide bonds. The van der Waals surface area contributed by atoms with Crippen molar-refractivity contribution in [2.75, 3.05) is 7.11 Å². The van der Waals surface area contributed by atoms with E-state index >= 15 is 0 Å². The zero-order valence-corrected chi connectivity index (χ0v) is 13.2. The summed E-state index contributed by atoms with van der Waals surface area (Å²) < 4.78 is 12.3. The summed E-state index contributed by atoms with van der Waals surface area (Å²) in [5, 5.41) is 9.14. The summed E-state index contributed by atoms with van der Waals surface area (Å²) in [5.74, 6) is 1.85. The van der Waals surface area contributed by atoms with Crippen LogP contribution in [0.4, 0.5) is 0 Å². The van der Waals surface area contributed by atoms with Crippen LogP contribution in [-0.2, 0) is 0 Å². The average molecular weight is 383 g/mol. The highest BCUT2D eigenvalue weighted by molar-refractivity contribution is 9.10. The molecule has 0 aliphatic heterocycles. The fraction of sp³-hybridized carbons (Fsp3) is 0.0714. The van der Waals surface area contributed by atoms with Crippen LogP contribution < -0.4 is 9.47 Å². The van der Waals surface area contributed by atoms with E-state index in [0.29, 0.717) is 21.5 Å². The topological polar surface area (TPSA) is 42.2 Å². The normalized spacial score (nSPS) is 9.79. The minimum atomic E-state index is 0.463. The van der Waals surface area contributed by atoms with Gasteiger partial charge in [0.2, 0.25) is 0 Å². The van der Waals surface area contributed by atoms with Crippen molar-refractivity contribution in [3.05, 3.63) is 50.9 Å². The number of rotatable bonds is 3. The highest BCUT2D eigenvalue weighted by Gasteiger charge is 2.10. The maximum atomic E-state index is 9.14. The minimum Gasteiger partial charge on any atom is -0.497 e. The van der Waals surface area contributed by atoms with E-state index in [1.807, 2.05) is 6.07 Å². The molecule has 0 fully saturated rings. The van der Waals surface area contributed by atoms with E-state index in [4.69, 9.17) is 14.7 Å². The molecule has 3 nitrogen and oxygen atoms in total. The largest absolute Gasteiger partial charge is 0.497 e. The molecule has 0 spiro atoms. The van der Waals surface area contributed by atoms with Crippen LogP contribution >= 0.6 is 31.9 Å². The van der Waals surface area contributed by atoms with Crippen LogP contribution in [0.25, 0.3) is 0 Å². The van der Waals surface area contributed by atoms with Crippen LogP contribution in [0.3, 0.4) is 0 Å². The molecule has 5 heteroatoms. The van der Waals surface area contributed by atoms with Crippen molar-refractivity contribution < 1.29 is 9.47 Å². The molecule has 19 heavy (non-hydrogen) atoms. The Morgan fingerprint density at radius 1 is 1.05 bits per heavy atom. The number of halogens is 2. The SMILES string of the molecule is COc1ccc(Oc2cccc(Br)c2C#N)c(Br)c1. The monoisotopic (exact) mass is 381 g/mol. The Hall–Kier alpha value is -1.51. The Labute approximate surface area is 128 Å². The van der Waals surface area contributed by atoms with Gasteiger partial charge >= 0.3 is 0 Å². The van der Waals surface area contributed by atoms with Gasteiger partial charge in [-0.05, 0) is 62.2 Å². The van der Waals surface area contributed by atoms with Crippen LogP contribution in [0.15, 0.2) is 45.3 Å². The van der Waals surface area contributed by atoms with Gasteiger partial charge in [-0.1, -0.05) is 6.07 Å². The van der Waals surface area contributed by atoms with Gasteiger partial charge in [-0.15, -0.1) is 0 Å². The molecule has 0 unspecified atom stereocenters. The van der Waals surface area contributed by atoms with Crippen molar-refractivity contribution in [2.45, 2.75) is 0 Å². The maximum absolute atomic E-state index is 9.14. The molecule has 0 radical (unpaired) electrons. The van der Waals surface area contributed by atoms with Crippen molar-refractivity contribution in [1.82, 2.24) is 0 Å². The second-order valence-electron chi connectivity index (χ2n) is 3.62. The molecular formula is C14H9Br2NO2. The second kappa shape index (κ2) is 6.09. The minimum absolute atomic E-state index is 0.463. The lowest BCUT2D eigenvalue weighted by molar-refractivity contribution is 0.412. The number of hydrogen-bond donors (Lipinski definition) is 0. The van der Waals surface area contributed by atoms with Crippen LogP contribution in [-0.4, -0.2) is 7.11 Å². The van der Waals surface area contributed by atoms with Gasteiger partial charge in [0.05, 0.1) is 11.6 Å². The average Bonchev–Trinajstić information content (AvgIpc) is 2.41. The lowest BCUT2D eigenvalue weighted by atomic mass is 10.2. The van der Waals surface area contributed by atoms with E-state index in [1.165, 1.54) is 0 Å². The summed E-state index contributed by atoms with van der Waals surface area (Å²) in [6.45, 7) is 0. The molecule has 0 heterocycles. The summed E-state index contributed by atoms with van der Waals surface area (Å²) in [7, 11) is 1.60. The zero-order chi connectivity index (χ0) is 13.8.